The SMILES string of the molecule is CCn1ccc(C(=O)N[C@H](CC(C)(C)C)c2cccnc2)cc1=O. The standard InChI is InChI=1S/C19H25N3O2/c1-5-22-10-8-14(11-17(22)23)18(24)21-16(12-19(2,3)4)15-7-6-9-20-13-15/h6-11,13,16H,5,12H2,1-4H3,(H,21,24)/t16-/m1/s1. The maximum Gasteiger partial charge on any atom is 0.252 e. The zero-order chi connectivity index (χ0) is 17.7. The van der Waals surface area contributed by atoms with E-state index in [1.54, 1.807) is 29.2 Å². The van der Waals surface area contributed by atoms with Gasteiger partial charge in [-0.3, -0.25) is 14.6 Å². The van der Waals surface area contributed by atoms with E-state index in [2.05, 4.69) is 31.1 Å². The number of aromatic nitrogens is 2. The van der Waals surface area contributed by atoms with Crippen LogP contribution in [0.25, 0.3) is 0 Å². The van der Waals surface area contributed by atoms with Crippen molar-refractivity contribution in [1.82, 2.24) is 14.9 Å². The zero-order valence-electron chi connectivity index (χ0n) is 14.7. The lowest BCUT2D eigenvalue weighted by Gasteiger charge is -2.27. The largest absolute Gasteiger partial charge is 0.345 e. The van der Waals surface area contributed by atoms with Crippen LogP contribution in [0.3, 0.4) is 0 Å². The maximum absolute atomic E-state index is 12.6. The van der Waals surface area contributed by atoms with Crippen molar-refractivity contribution in [2.24, 2.45) is 5.41 Å². The van der Waals surface area contributed by atoms with Crippen LogP contribution in [0.4, 0.5) is 0 Å². The number of nitrogens with zero attached hydrogens (tertiary/aromatic N) is 2. The Kier molecular flexibility index (Phi) is 5.54. The van der Waals surface area contributed by atoms with Crippen LogP contribution in [0.1, 0.15) is 56.1 Å². The Labute approximate surface area is 142 Å². The molecule has 0 spiro atoms. The average molecular weight is 327 g/mol. The average Bonchev–Trinajstić information content (AvgIpc) is 2.53. The fraction of sp³-hybridized carbons (Fsp3) is 0.421. The molecule has 0 fully saturated rings. The molecule has 0 aliphatic heterocycles. The van der Waals surface area contributed by atoms with E-state index in [0.717, 1.165) is 12.0 Å². The molecule has 2 rings (SSSR count). The Bertz CT molecular complexity index is 745. The minimum Gasteiger partial charge on any atom is -0.345 e. The Morgan fingerprint density at radius 1 is 1.33 bits per heavy atom. The van der Waals surface area contributed by atoms with Gasteiger partial charge in [0.25, 0.3) is 11.5 Å². The number of carbonyl (C=O) groups excluding carboxylic acids is 1. The summed E-state index contributed by atoms with van der Waals surface area (Å²) in [4.78, 5) is 28.7. The molecule has 2 aromatic rings. The van der Waals surface area contributed by atoms with E-state index in [1.165, 1.54) is 6.07 Å². The highest BCUT2D eigenvalue weighted by Gasteiger charge is 2.22. The Morgan fingerprint density at radius 2 is 2.08 bits per heavy atom. The molecule has 0 radical (unpaired) electrons. The molecule has 1 amide bonds. The van der Waals surface area contributed by atoms with Gasteiger partial charge in [0, 0.05) is 36.8 Å². The molecule has 0 saturated carbocycles. The maximum atomic E-state index is 12.6. The number of hydrogen-bond acceptors (Lipinski definition) is 3. The normalized spacial score (nSPS) is 12.7. The van der Waals surface area contributed by atoms with E-state index < -0.39 is 0 Å². The Morgan fingerprint density at radius 3 is 2.62 bits per heavy atom. The van der Waals surface area contributed by atoms with Crippen molar-refractivity contribution in [3.05, 3.63) is 64.3 Å². The number of aryl methyl sites for hydroxylation is 1. The van der Waals surface area contributed by atoms with Gasteiger partial charge in [-0.05, 0) is 36.5 Å². The molecule has 24 heavy (non-hydrogen) atoms. The lowest BCUT2D eigenvalue weighted by Crippen LogP contribution is -2.32. The number of pyridine rings is 2. The van der Waals surface area contributed by atoms with Gasteiger partial charge in [-0.25, -0.2) is 0 Å². The van der Waals surface area contributed by atoms with E-state index in [4.69, 9.17) is 0 Å². The predicted octanol–water partition coefficient (Wildman–Crippen LogP) is 3.17. The number of amides is 1. The second-order valence-electron chi connectivity index (χ2n) is 7.12. The minimum atomic E-state index is -0.242. The molecule has 0 unspecified atom stereocenters. The van der Waals surface area contributed by atoms with Crippen LogP contribution < -0.4 is 10.9 Å². The van der Waals surface area contributed by atoms with Gasteiger partial charge in [0.15, 0.2) is 0 Å². The monoisotopic (exact) mass is 327 g/mol. The van der Waals surface area contributed by atoms with Crippen LogP contribution in [0.15, 0.2) is 47.7 Å². The molecule has 1 atom stereocenters. The fourth-order valence-electron chi connectivity index (χ4n) is 2.60. The highest BCUT2D eigenvalue weighted by molar-refractivity contribution is 5.94. The van der Waals surface area contributed by atoms with Crippen molar-refractivity contribution >= 4 is 5.91 Å². The van der Waals surface area contributed by atoms with Crippen molar-refractivity contribution < 1.29 is 4.79 Å². The van der Waals surface area contributed by atoms with E-state index >= 15 is 0 Å². The highest BCUT2D eigenvalue weighted by Crippen LogP contribution is 2.29. The van der Waals surface area contributed by atoms with E-state index in [0.29, 0.717) is 12.1 Å². The molecule has 0 aliphatic carbocycles. The molecule has 0 aromatic carbocycles. The second-order valence-corrected chi connectivity index (χ2v) is 7.12. The third-order valence-electron chi connectivity index (χ3n) is 3.81. The Balaban J connectivity index is 2.24. The first-order valence-corrected chi connectivity index (χ1v) is 8.21. The van der Waals surface area contributed by atoms with Crippen molar-refractivity contribution in [1.29, 1.82) is 0 Å². The summed E-state index contributed by atoms with van der Waals surface area (Å²) in [5, 5.41) is 3.04. The summed E-state index contributed by atoms with van der Waals surface area (Å²) >= 11 is 0. The number of rotatable bonds is 5. The number of carbonyl (C=O) groups is 1. The third-order valence-corrected chi connectivity index (χ3v) is 3.81. The van der Waals surface area contributed by atoms with Gasteiger partial charge in [0.05, 0.1) is 6.04 Å². The first kappa shape index (κ1) is 17.9. The summed E-state index contributed by atoms with van der Waals surface area (Å²) in [5.41, 5.74) is 1.22. The van der Waals surface area contributed by atoms with Gasteiger partial charge in [-0.15, -0.1) is 0 Å². The van der Waals surface area contributed by atoms with Gasteiger partial charge >= 0.3 is 0 Å². The predicted molar refractivity (Wildman–Crippen MR) is 94.9 cm³/mol. The van der Waals surface area contributed by atoms with Crippen molar-refractivity contribution in [2.45, 2.75) is 46.7 Å². The minimum absolute atomic E-state index is 0.0411. The molecule has 2 heterocycles. The molecule has 128 valence electrons. The second kappa shape index (κ2) is 7.43. The van der Waals surface area contributed by atoms with Crippen LogP contribution in [0.5, 0.6) is 0 Å². The molecule has 0 aliphatic rings. The molecule has 0 saturated heterocycles. The van der Waals surface area contributed by atoms with Crippen molar-refractivity contribution in [2.75, 3.05) is 0 Å². The first-order valence-electron chi connectivity index (χ1n) is 8.21. The first-order chi connectivity index (χ1) is 11.3. The Hall–Kier alpha value is -2.43. The van der Waals surface area contributed by atoms with Crippen LogP contribution >= 0.6 is 0 Å². The van der Waals surface area contributed by atoms with Crippen LogP contribution in [0, 0.1) is 5.41 Å². The summed E-state index contributed by atoms with van der Waals surface area (Å²) in [5.74, 6) is -0.242. The lowest BCUT2D eigenvalue weighted by atomic mass is 9.85. The molecule has 5 heteroatoms. The molecule has 0 bridgehead atoms. The number of hydrogen-bond donors (Lipinski definition) is 1. The quantitative estimate of drug-likeness (QED) is 0.917. The molecular formula is C19H25N3O2. The zero-order valence-corrected chi connectivity index (χ0v) is 14.7. The van der Waals surface area contributed by atoms with Gasteiger partial charge in [0.1, 0.15) is 0 Å². The van der Waals surface area contributed by atoms with Gasteiger partial charge in [-0.2, -0.15) is 0 Å². The smallest absolute Gasteiger partial charge is 0.252 e. The van der Waals surface area contributed by atoms with Crippen LogP contribution in [0.2, 0.25) is 0 Å². The lowest BCUT2D eigenvalue weighted by molar-refractivity contribution is 0.0926. The van der Waals surface area contributed by atoms with E-state index in [1.807, 2.05) is 19.1 Å². The van der Waals surface area contributed by atoms with Gasteiger partial charge in [-0.1, -0.05) is 26.8 Å². The van der Waals surface area contributed by atoms with Gasteiger partial charge in [0.2, 0.25) is 0 Å². The van der Waals surface area contributed by atoms with Crippen molar-refractivity contribution in [3.8, 4) is 0 Å². The van der Waals surface area contributed by atoms with Crippen LogP contribution in [-0.2, 0) is 6.54 Å². The molecular weight excluding hydrogens is 302 g/mol. The van der Waals surface area contributed by atoms with E-state index in [9.17, 15) is 9.59 Å². The topological polar surface area (TPSA) is 64.0 Å². The summed E-state index contributed by atoms with van der Waals surface area (Å²) in [7, 11) is 0. The van der Waals surface area contributed by atoms with Gasteiger partial charge < -0.3 is 9.88 Å². The van der Waals surface area contributed by atoms with Crippen molar-refractivity contribution in [3.63, 3.8) is 0 Å². The number of nitrogens with one attached hydrogen (secondary N) is 1. The summed E-state index contributed by atoms with van der Waals surface area (Å²) in [6.45, 7) is 8.87. The molecule has 2 aromatic heterocycles. The third kappa shape index (κ3) is 4.78. The highest BCUT2D eigenvalue weighted by atomic mass is 16.2. The fourth-order valence-corrected chi connectivity index (χ4v) is 2.60. The summed E-state index contributed by atoms with van der Waals surface area (Å²) in [6, 6.07) is 6.73. The molecule has 1 N–H and O–H groups in total. The summed E-state index contributed by atoms with van der Waals surface area (Å²) < 4.78 is 1.56. The van der Waals surface area contributed by atoms with Crippen LogP contribution in [-0.4, -0.2) is 15.5 Å². The van der Waals surface area contributed by atoms with E-state index in [-0.39, 0.29) is 22.9 Å². The molecule has 5 nitrogen and oxygen atoms in total. The summed E-state index contributed by atoms with van der Waals surface area (Å²) in [6.07, 6.45) is 5.91.